The fourth-order valence-electron chi connectivity index (χ4n) is 2.20. The van der Waals surface area contributed by atoms with Gasteiger partial charge in [0, 0.05) is 30.8 Å². The lowest BCUT2D eigenvalue weighted by Gasteiger charge is -2.09. The molecule has 3 aromatic rings. The standard InChI is InChI=1S/C16H17N5S/c1-12-4-2-6-15-20-14(11-21(12)15)10-19-16(22)18-9-13-5-3-7-17-8-13/h2-8,11H,9-10H2,1H3,(H2,18,19,22). The molecule has 0 fully saturated rings. The summed E-state index contributed by atoms with van der Waals surface area (Å²) in [6.45, 7) is 3.32. The molecule has 3 aromatic heterocycles. The Labute approximate surface area is 134 Å². The molecule has 0 aliphatic heterocycles. The molecule has 3 rings (SSSR count). The second-order valence-electron chi connectivity index (χ2n) is 5.03. The molecule has 0 aliphatic carbocycles. The van der Waals surface area contributed by atoms with Crippen LogP contribution < -0.4 is 10.6 Å². The summed E-state index contributed by atoms with van der Waals surface area (Å²) < 4.78 is 2.07. The molecule has 3 heterocycles. The Morgan fingerprint density at radius 3 is 2.82 bits per heavy atom. The van der Waals surface area contributed by atoms with Gasteiger partial charge in [0.05, 0.1) is 12.2 Å². The Balaban J connectivity index is 1.55. The lowest BCUT2D eigenvalue weighted by atomic mass is 10.3. The van der Waals surface area contributed by atoms with Gasteiger partial charge in [0.1, 0.15) is 5.65 Å². The fraction of sp³-hybridized carbons (Fsp3) is 0.188. The first-order chi connectivity index (χ1) is 10.7. The number of hydrogen-bond donors (Lipinski definition) is 2. The molecule has 0 bridgehead atoms. The molecule has 0 spiro atoms. The topological polar surface area (TPSA) is 54.2 Å². The van der Waals surface area contributed by atoms with Crippen molar-refractivity contribution in [3.63, 3.8) is 0 Å². The van der Waals surface area contributed by atoms with E-state index in [1.807, 2.05) is 36.7 Å². The van der Waals surface area contributed by atoms with Crippen molar-refractivity contribution in [1.82, 2.24) is 25.0 Å². The molecule has 0 aromatic carbocycles. The van der Waals surface area contributed by atoms with Crippen molar-refractivity contribution < 1.29 is 0 Å². The van der Waals surface area contributed by atoms with Gasteiger partial charge in [-0.15, -0.1) is 0 Å². The van der Waals surface area contributed by atoms with Crippen LogP contribution in [0.4, 0.5) is 0 Å². The van der Waals surface area contributed by atoms with Crippen LogP contribution in [0.5, 0.6) is 0 Å². The molecule has 0 saturated carbocycles. The van der Waals surface area contributed by atoms with E-state index in [1.165, 1.54) is 0 Å². The zero-order valence-electron chi connectivity index (χ0n) is 12.3. The van der Waals surface area contributed by atoms with Crippen LogP contribution in [-0.4, -0.2) is 19.5 Å². The molecule has 0 unspecified atom stereocenters. The molecule has 112 valence electrons. The van der Waals surface area contributed by atoms with Crippen molar-refractivity contribution in [2.75, 3.05) is 0 Å². The normalized spacial score (nSPS) is 10.6. The first-order valence-corrected chi connectivity index (χ1v) is 7.47. The van der Waals surface area contributed by atoms with Crippen molar-refractivity contribution >= 4 is 23.0 Å². The molecule has 0 aliphatic rings. The van der Waals surface area contributed by atoms with Gasteiger partial charge in [-0.3, -0.25) is 4.98 Å². The summed E-state index contributed by atoms with van der Waals surface area (Å²) in [5.74, 6) is 0. The molecule has 2 N–H and O–H groups in total. The highest BCUT2D eigenvalue weighted by Gasteiger charge is 2.03. The number of hydrogen-bond acceptors (Lipinski definition) is 3. The Hall–Kier alpha value is -2.47. The largest absolute Gasteiger partial charge is 0.359 e. The van der Waals surface area contributed by atoms with E-state index < -0.39 is 0 Å². The van der Waals surface area contributed by atoms with E-state index in [4.69, 9.17) is 12.2 Å². The molecule has 0 atom stereocenters. The second kappa shape index (κ2) is 6.53. The Morgan fingerprint density at radius 2 is 2.05 bits per heavy atom. The first kappa shape index (κ1) is 14.5. The van der Waals surface area contributed by atoms with Crippen molar-refractivity contribution in [2.24, 2.45) is 0 Å². The van der Waals surface area contributed by atoms with E-state index >= 15 is 0 Å². The number of nitrogens with one attached hydrogen (secondary N) is 2. The first-order valence-electron chi connectivity index (χ1n) is 7.06. The number of thiocarbonyl (C=S) groups is 1. The molecule has 6 heteroatoms. The van der Waals surface area contributed by atoms with E-state index in [0.717, 1.165) is 22.6 Å². The number of imidazole rings is 1. The van der Waals surface area contributed by atoms with Crippen LogP contribution in [0.15, 0.2) is 48.9 Å². The maximum absolute atomic E-state index is 5.28. The van der Waals surface area contributed by atoms with Crippen LogP contribution in [-0.2, 0) is 13.1 Å². The lowest BCUT2D eigenvalue weighted by molar-refractivity contribution is 0.818. The van der Waals surface area contributed by atoms with Crippen LogP contribution >= 0.6 is 12.2 Å². The number of aromatic nitrogens is 3. The van der Waals surface area contributed by atoms with Crippen molar-refractivity contribution in [3.8, 4) is 0 Å². The summed E-state index contributed by atoms with van der Waals surface area (Å²) in [4.78, 5) is 8.64. The average Bonchev–Trinajstić information content (AvgIpc) is 2.96. The molecule has 0 amide bonds. The third kappa shape index (κ3) is 3.40. The Kier molecular flexibility index (Phi) is 4.29. The number of aryl methyl sites for hydroxylation is 1. The minimum absolute atomic E-state index is 0.597. The van der Waals surface area contributed by atoms with E-state index in [9.17, 15) is 0 Å². The lowest BCUT2D eigenvalue weighted by Crippen LogP contribution is -2.34. The summed E-state index contributed by atoms with van der Waals surface area (Å²) in [6.07, 6.45) is 5.60. The minimum atomic E-state index is 0.597. The summed E-state index contributed by atoms with van der Waals surface area (Å²) in [5.41, 5.74) is 4.16. The maximum atomic E-state index is 5.28. The van der Waals surface area contributed by atoms with E-state index in [0.29, 0.717) is 18.2 Å². The Morgan fingerprint density at radius 1 is 1.18 bits per heavy atom. The average molecular weight is 311 g/mol. The van der Waals surface area contributed by atoms with Crippen LogP contribution in [0.25, 0.3) is 5.65 Å². The van der Waals surface area contributed by atoms with Crippen LogP contribution in [0.2, 0.25) is 0 Å². The number of fused-ring (bicyclic) bond motifs is 1. The molecule has 0 saturated heterocycles. The zero-order chi connectivity index (χ0) is 15.4. The van der Waals surface area contributed by atoms with Crippen LogP contribution in [0.1, 0.15) is 17.0 Å². The van der Waals surface area contributed by atoms with Crippen molar-refractivity contribution in [2.45, 2.75) is 20.0 Å². The Bertz CT molecular complexity index is 782. The number of pyridine rings is 2. The van der Waals surface area contributed by atoms with Gasteiger partial charge in [-0.05, 0) is 42.9 Å². The van der Waals surface area contributed by atoms with Crippen LogP contribution in [0.3, 0.4) is 0 Å². The van der Waals surface area contributed by atoms with Gasteiger partial charge in [-0.2, -0.15) is 0 Å². The predicted octanol–water partition coefficient (Wildman–Crippen LogP) is 2.20. The predicted molar refractivity (Wildman–Crippen MR) is 90.4 cm³/mol. The van der Waals surface area contributed by atoms with Gasteiger partial charge in [0.25, 0.3) is 0 Å². The highest BCUT2D eigenvalue weighted by atomic mass is 32.1. The van der Waals surface area contributed by atoms with E-state index in [-0.39, 0.29) is 0 Å². The van der Waals surface area contributed by atoms with Gasteiger partial charge in [0.15, 0.2) is 5.11 Å². The van der Waals surface area contributed by atoms with Gasteiger partial charge in [-0.25, -0.2) is 4.98 Å². The third-order valence-corrected chi connectivity index (χ3v) is 3.64. The number of rotatable bonds is 4. The van der Waals surface area contributed by atoms with Crippen molar-refractivity contribution in [3.05, 3.63) is 65.9 Å². The monoisotopic (exact) mass is 311 g/mol. The van der Waals surface area contributed by atoms with Gasteiger partial charge in [0.2, 0.25) is 0 Å². The summed E-state index contributed by atoms with van der Waals surface area (Å²) in [5, 5.41) is 6.94. The van der Waals surface area contributed by atoms with E-state index in [2.05, 4.69) is 38.0 Å². The molecule has 22 heavy (non-hydrogen) atoms. The molecular weight excluding hydrogens is 294 g/mol. The third-order valence-electron chi connectivity index (χ3n) is 3.35. The number of nitrogens with zero attached hydrogens (tertiary/aromatic N) is 3. The summed E-state index contributed by atoms with van der Waals surface area (Å²) in [6, 6.07) is 9.98. The maximum Gasteiger partial charge on any atom is 0.166 e. The molecule has 0 radical (unpaired) electrons. The van der Waals surface area contributed by atoms with Crippen molar-refractivity contribution in [1.29, 1.82) is 0 Å². The second-order valence-corrected chi connectivity index (χ2v) is 5.43. The summed E-state index contributed by atoms with van der Waals surface area (Å²) in [7, 11) is 0. The van der Waals surface area contributed by atoms with E-state index in [1.54, 1.807) is 6.20 Å². The molecule has 5 nitrogen and oxygen atoms in total. The zero-order valence-corrected chi connectivity index (χ0v) is 13.1. The van der Waals surface area contributed by atoms with Gasteiger partial charge < -0.3 is 15.0 Å². The quantitative estimate of drug-likeness (QED) is 0.724. The van der Waals surface area contributed by atoms with Crippen LogP contribution in [0, 0.1) is 6.92 Å². The molecular formula is C16H17N5S. The minimum Gasteiger partial charge on any atom is -0.359 e. The fourth-order valence-corrected chi connectivity index (χ4v) is 2.35. The van der Waals surface area contributed by atoms with Gasteiger partial charge in [-0.1, -0.05) is 12.1 Å². The van der Waals surface area contributed by atoms with Gasteiger partial charge >= 0.3 is 0 Å². The SMILES string of the molecule is Cc1cccc2nc(CNC(=S)NCc3cccnc3)cn12. The smallest absolute Gasteiger partial charge is 0.166 e. The highest BCUT2D eigenvalue weighted by molar-refractivity contribution is 7.80. The highest BCUT2D eigenvalue weighted by Crippen LogP contribution is 2.08. The summed E-state index contributed by atoms with van der Waals surface area (Å²) >= 11 is 5.28.